The van der Waals surface area contributed by atoms with Crippen LogP contribution >= 0.6 is 0 Å². The van der Waals surface area contributed by atoms with Crippen molar-refractivity contribution in [1.82, 2.24) is 19.8 Å². The summed E-state index contributed by atoms with van der Waals surface area (Å²) in [6.07, 6.45) is 4.52. The average Bonchev–Trinajstić information content (AvgIpc) is 3.33. The minimum absolute atomic E-state index is 0.00386. The van der Waals surface area contributed by atoms with Crippen molar-refractivity contribution in [3.8, 4) is 5.88 Å². The van der Waals surface area contributed by atoms with Crippen LogP contribution < -0.4 is 9.64 Å². The third-order valence-electron chi connectivity index (χ3n) is 5.49. The lowest BCUT2D eigenvalue weighted by molar-refractivity contribution is -0.130. The van der Waals surface area contributed by atoms with E-state index < -0.39 is 0 Å². The molecule has 0 N–H and O–H groups in total. The SMILES string of the molecule is CN(C)c1cncc(OC2CCN(C(=O)CCCN3C(=O)c4ccccc4C3=O)C2)n1. The van der Waals surface area contributed by atoms with Gasteiger partial charge in [0.25, 0.3) is 11.8 Å². The van der Waals surface area contributed by atoms with Crippen molar-refractivity contribution < 1.29 is 19.1 Å². The van der Waals surface area contributed by atoms with E-state index in [0.717, 1.165) is 6.42 Å². The molecule has 0 radical (unpaired) electrons. The molecule has 9 heteroatoms. The van der Waals surface area contributed by atoms with Gasteiger partial charge in [0.1, 0.15) is 6.10 Å². The van der Waals surface area contributed by atoms with E-state index in [1.54, 1.807) is 41.6 Å². The van der Waals surface area contributed by atoms with Crippen LogP contribution in [0.3, 0.4) is 0 Å². The Morgan fingerprint density at radius 1 is 1.16 bits per heavy atom. The Hall–Kier alpha value is -3.49. The maximum absolute atomic E-state index is 12.6. The summed E-state index contributed by atoms with van der Waals surface area (Å²) in [4.78, 5) is 50.8. The summed E-state index contributed by atoms with van der Waals surface area (Å²) < 4.78 is 5.90. The zero-order valence-electron chi connectivity index (χ0n) is 17.7. The molecular formula is C22H25N5O4. The molecular weight excluding hydrogens is 398 g/mol. The van der Waals surface area contributed by atoms with Gasteiger partial charge in [0, 0.05) is 40.0 Å². The number of amides is 3. The minimum atomic E-state index is -0.288. The van der Waals surface area contributed by atoms with Gasteiger partial charge in [-0.15, -0.1) is 0 Å². The molecule has 4 rings (SSSR count). The summed E-state index contributed by atoms with van der Waals surface area (Å²) in [5.74, 6) is 0.566. The fraction of sp³-hybridized carbons (Fsp3) is 0.409. The Balaban J connectivity index is 1.25. The summed E-state index contributed by atoms with van der Waals surface area (Å²) in [5, 5.41) is 0. The number of likely N-dealkylation sites (tertiary alicyclic amines) is 1. The molecule has 1 atom stereocenters. The second kappa shape index (κ2) is 8.71. The van der Waals surface area contributed by atoms with Crippen molar-refractivity contribution in [2.75, 3.05) is 38.6 Å². The number of aromatic nitrogens is 2. The maximum Gasteiger partial charge on any atom is 0.261 e. The highest BCUT2D eigenvalue weighted by atomic mass is 16.5. The molecule has 1 aromatic carbocycles. The van der Waals surface area contributed by atoms with Gasteiger partial charge in [-0.2, -0.15) is 4.98 Å². The number of carbonyl (C=O) groups excluding carboxylic acids is 3. The molecule has 0 saturated carbocycles. The topological polar surface area (TPSA) is 95.9 Å². The van der Waals surface area contributed by atoms with Crippen LogP contribution in [0.2, 0.25) is 0 Å². The Kier molecular flexibility index (Phi) is 5.83. The predicted octanol–water partition coefficient (Wildman–Crippen LogP) is 1.60. The first kappa shape index (κ1) is 20.8. The van der Waals surface area contributed by atoms with Crippen LogP contribution in [0.1, 0.15) is 40.0 Å². The number of carbonyl (C=O) groups is 3. The maximum atomic E-state index is 12.6. The van der Waals surface area contributed by atoms with Gasteiger partial charge in [-0.25, -0.2) is 0 Å². The van der Waals surface area contributed by atoms with Crippen molar-refractivity contribution in [3.05, 3.63) is 47.8 Å². The van der Waals surface area contributed by atoms with Gasteiger partial charge in [-0.3, -0.25) is 24.3 Å². The summed E-state index contributed by atoms with van der Waals surface area (Å²) in [7, 11) is 3.76. The smallest absolute Gasteiger partial charge is 0.261 e. The lowest BCUT2D eigenvalue weighted by atomic mass is 10.1. The monoisotopic (exact) mass is 423 g/mol. The molecule has 0 bridgehead atoms. The van der Waals surface area contributed by atoms with E-state index in [1.165, 1.54) is 4.90 Å². The minimum Gasteiger partial charge on any atom is -0.471 e. The number of rotatable bonds is 7. The summed E-state index contributed by atoms with van der Waals surface area (Å²) in [6, 6.07) is 6.80. The molecule has 31 heavy (non-hydrogen) atoms. The fourth-order valence-corrected chi connectivity index (χ4v) is 3.82. The van der Waals surface area contributed by atoms with E-state index in [4.69, 9.17) is 4.74 Å². The van der Waals surface area contributed by atoms with Crippen LogP contribution in [0.15, 0.2) is 36.7 Å². The van der Waals surface area contributed by atoms with Crippen LogP contribution in [0.4, 0.5) is 5.82 Å². The Bertz CT molecular complexity index is 974. The molecule has 3 amide bonds. The lowest BCUT2D eigenvalue weighted by Crippen LogP contribution is -2.33. The fourth-order valence-electron chi connectivity index (χ4n) is 3.82. The van der Waals surface area contributed by atoms with Gasteiger partial charge >= 0.3 is 0 Å². The predicted molar refractivity (Wildman–Crippen MR) is 113 cm³/mol. The van der Waals surface area contributed by atoms with Crippen LogP contribution in [0.5, 0.6) is 5.88 Å². The number of imide groups is 1. The van der Waals surface area contributed by atoms with Crippen LogP contribution in [-0.2, 0) is 4.79 Å². The zero-order chi connectivity index (χ0) is 22.0. The van der Waals surface area contributed by atoms with Crippen LogP contribution in [-0.4, -0.2) is 77.3 Å². The van der Waals surface area contributed by atoms with Crippen molar-refractivity contribution in [3.63, 3.8) is 0 Å². The van der Waals surface area contributed by atoms with Gasteiger partial charge in [-0.05, 0) is 18.6 Å². The second-order valence-corrected chi connectivity index (χ2v) is 7.89. The number of fused-ring (bicyclic) bond motifs is 1. The van der Waals surface area contributed by atoms with E-state index in [2.05, 4.69) is 9.97 Å². The number of ether oxygens (including phenoxy) is 1. The first-order valence-electron chi connectivity index (χ1n) is 10.3. The first-order chi connectivity index (χ1) is 14.9. The third-order valence-corrected chi connectivity index (χ3v) is 5.49. The molecule has 0 aliphatic carbocycles. The lowest BCUT2D eigenvalue weighted by Gasteiger charge is -2.18. The number of benzene rings is 1. The van der Waals surface area contributed by atoms with Gasteiger partial charge in [-0.1, -0.05) is 12.1 Å². The van der Waals surface area contributed by atoms with Gasteiger partial charge in [0.2, 0.25) is 11.8 Å². The summed E-state index contributed by atoms with van der Waals surface area (Å²) >= 11 is 0. The molecule has 3 heterocycles. The standard InChI is InChI=1S/C22H25N5O4/c1-25(2)18-12-23-13-19(24-18)31-15-9-11-26(14-15)20(28)8-5-10-27-21(29)16-6-3-4-7-17(16)22(27)30/h3-4,6-7,12-13,15H,5,8-11,14H2,1-2H3. The number of anilines is 1. The number of nitrogens with zero attached hydrogens (tertiary/aromatic N) is 5. The average molecular weight is 423 g/mol. The van der Waals surface area contributed by atoms with E-state index >= 15 is 0 Å². The Labute approximate surface area is 180 Å². The van der Waals surface area contributed by atoms with Crippen LogP contribution in [0, 0.1) is 0 Å². The molecule has 1 aromatic heterocycles. The molecule has 2 aliphatic heterocycles. The van der Waals surface area contributed by atoms with Crippen molar-refractivity contribution in [1.29, 1.82) is 0 Å². The Morgan fingerprint density at radius 2 is 1.87 bits per heavy atom. The highest BCUT2D eigenvalue weighted by Gasteiger charge is 2.35. The van der Waals surface area contributed by atoms with E-state index in [9.17, 15) is 14.4 Å². The molecule has 1 fully saturated rings. The highest BCUT2D eigenvalue weighted by molar-refractivity contribution is 6.21. The zero-order valence-corrected chi connectivity index (χ0v) is 17.7. The molecule has 1 saturated heterocycles. The van der Waals surface area contributed by atoms with Crippen molar-refractivity contribution in [2.24, 2.45) is 0 Å². The van der Waals surface area contributed by atoms with Crippen molar-refractivity contribution >= 4 is 23.5 Å². The molecule has 162 valence electrons. The molecule has 2 aromatic rings. The molecule has 0 spiro atoms. The van der Waals surface area contributed by atoms with Crippen LogP contribution in [0.25, 0.3) is 0 Å². The first-order valence-corrected chi connectivity index (χ1v) is 10.3. The Morgan fingerprint density at radius 3 is 2.55 bits per heavy atom. The normalized spacial score (nSPS) is 17.8. The molecule has 9 nitrogen and oxygen atoms in total. The van der Waals surface area contributed by atoms with Gasteiger partial charge in [0.05, 0.1) is 30.1 Å². The van der Waals surface area contributed by atoms with E-state index in [0.29, 0.717) is 42.3 Å². The molecule has 2 aliphatic rings. The van der Waals surface area contributed by atoms with E-state index in [1.807, 2.05) is 19.0 Å². The summed E-state index contributed by atoms with van der Waals surface area (Å²) in [5.41, 5.74) is 0.861. The van der Waals surface area contributed by atoms with Crippen molar-refractivity contribution in [2.45, 2.75) is 25.4 Å². The van der Waals surface area contributed by atoms with Gasteiger partial charge < -0.3 is 14.5 Å². The molecule has 1 unspecified atom stereocenters. The highest BCUT2D eigenvalue weighted by Crippen LogP contribution is 2.23. The number of hydrogen-bond donors (Lipinski definition) is 0. The number of hydrogen-bond acceptors (Lipinski definition) is 7. The largest absolute Gasteiger partial charge is 0.471 e. The van der Waals surface area contributed by atoms with E-state index in [-0.39, 0.29) is 36.8 Å². The second-order valence-electron chi connectivity index (χ2n) is 7.89. The summed E-state index contributed by atoms with van der Waals surface area (Å²) in [6.45, 7) is 1.33. The third kappa shape index (κ3) is 4.35. The van der Waals surface area contributed by atoms with Gasteiger partial charge in [0.15, 0.2) is 5.82 Å². The quantitative estimate of drug-likeness (QED) is 0.624.